The van der Waals surface area contributed by atoms with Crippen LogP contribution in [0.4, 0.5) is 15.9 Å². The van der Waals surface area contributed by atoms with Crippen LogP contribution in [0.25, 0.3) is 0 Å². The predicted molar refractivity (Wildman–Crippen MR) is 74.2 cm³/mol. The summed E-state index contributed by atoms with van der Waals surface area (Å²) in [4.78, 5) is -0.104. The number of hydrogen-bond acceptors (Lipinski definition) is 4. The van der Waals surface area contributed by atoms with Gasteiger partial charge in [0, 0.05) is 12.1 Å². The highest BCUT2D eigenvalue weighted by Crippen LogP contribution is 2.21. The van der Waals surface area contributed by atoms with Gasteiger partial charge in [-0.25, -0.2) is 17.5 Å². The molecule has 2 rings (SSSR count). The summed E-state index contributed by atoms with van der Waals surface area (Å²) in [7, 11) is -3.84. The first-order valence-corrected chi connectivity index (χ1v) is 7.41. The smallest absolute Gasteiger partial charge is 0.263 e. The highest BCUT2D eigenvalue weighted by Gasteiger charge is 2.18. The van der Waals surface area contributed by atoms with Crippen LogP contribution in [-0.2, 0) is 10.0 Å². The van der Waals surface area contributed by atoms with Gasteiger partial charge in [0.15, 0.2) is 0 Å². The normalized spacial score (nSPS) is 11.8. The van der Waals surface area contributed by atoms with Crippen LogP contribution in [-0.4, -0.2) is 18.2 Å². The molecule has 0 atom stereocenters. The number of halogens is 1. The van der Waals surface area contributed by atoms with Gasteiger partial charge in [0.2, 0.25) is 0 Å². The fraction of sp³-hybridized carbons (Fsp3) is 0.250. The third kappa shape index (κ3) is 2.74. The SMILES string of the molecule is CC(C)n1nccc1NS(=O)(=O)c1ccc(F)c(N)c1. The summed E-state index contributed by atoms with van der Waals surface area (Å²) in [6, 6.07) is 4.80. The number of nitrogens with two attached hydrogens (primary N) is 1. The molecule has 108 valence electrons. The molecule has 0 fully saturated rings. The number of nitrogens with zero attached hydrogens (tertiary/aromatic N) is 2. The van der Waals surface area contributed by atoms with Gasteiger partial charge < -0.3 is 5.73 Å². The summed E-state index contributed by atoms with van der Waals surface area (Å²) >= 11 is 0. The molecule has 2 aromatic rings. The molecule has 0 unspecified atom stereocenters. The zero-order chi connectivity index (χ0) is 14.9. The quantitative estimate of drug-likeness (QED) is 0.845. The van der Waals surface area contributed by atoms with Gasteiger partial charge in [-0.1, -0.05) is 0 Å². The molecule has 0 saturated carbocycles. The Balaban J connectivity index is 2.36. The molecule has 1 aromatic carbocycles. The molecule has 8 heteroatoms. The molecule has 6 nitrogen and oxygen atoms in total. The van der Waals surface area contributed by atoms with E-state index in [1.165, 1.54) is 10.9 Å². The van der Waals surface area contributed by atoms with Gasteiger partial charge in [-0.05, 0) is 32.0 Å². The molecular formula is C12H15FN4O2S. The molecule has 0 aliphatic rings. The van der Waals surface area contributed by atoms with E-state index in [9.17, 15) is 12.8 Å². The summed E-state index contributed by atoms with van der Waals surface area (Å²) in [5.41, 5.74) is 5.17. The van der Waals surface area contributed by atoms with Crippen LogP contribution in [0.5, 0.6) is 0 Å². The van der Waals surface area contributed by atoms with Crippen LogP contribution in [0.3, 0.4) is 0 Å². The average molecular weight is 298 g/mol. The summed E-state index contributed by atoms with van der Waals surface area (Å²) in [6.45, 7) is 3.75. The van der Waals surface area contributed by atoms with Gasteiger partial charge in [-0.2, -0.15) is 5.10 Å². The van der Waals surface area contributed by atoms with Crippen molar-refractivity contribution in [3.05, 3.63) is 36.3 Å². The predicted octanol–water partition coefficient (Wildman–Crippen LogP) is 1.99. The molecule has 0 aliphatic heterocycles. The topological polar surface area (TPSA) is 90.0 Å². The lowest BCUT2D eigenvalue weighted by molar-refractivity contribution is 0.539. The molecule has 1 heterocycles. The molecule has 0 radical (unpaired) electrons. The maximum atomic E-state index is 13.1. The second-order valence-electron chi connectivity index (χ2n) is 4.54. The summed E-state index contributed by atoms with van der Waals surface area (Å²) in [5.74, 6) is -0.320. The van der Waals surface area contributed by atoms with E-state index in [1.807, 2.05) is 13.8 Å². The van der Waals surface area contributed by atoms with E-state index < -0.39 is 15.8 Å². The van der Waals surface area contributed by atoms with E-state index in [1.54, 1.807) is 6.07 Å². The highest BCUT2D eigenvalue weighted by molar-refractivity contribution is 7.92. The largest absolute Gasteiger partial charge is 0.396 e. The van der Waals surface area contributed by atoms with Crippen molar-refractivity contribution in [1.82, 2.24) is 9.78 Å². The van der Waals surface area contributed by atoms with Crippen molar-refractivity contribution >= 4 is 21.5 Å². The van der Waals surface area contributed by atoms with E-state index in [4.69, 9.17) is 5.73 Å². The number of anilines is 2. The monoisotopic (exact) mass is 298 g/mol. The molecule has 1 aromatic heterocycles. The minimum absolute atomic E-state index is 0.000914. The Morgan fingerprint density at radius 2 is 2.05 bits per heavy atom. The Labute approximate surface area is 116 Å². The van der Waals surface area contributed by atoms with Crippen molar-refractivity contribution in [1.29, 1.82) is 0 Å². The number of rotatable bonds is 4. The first kappa shape index (κ1) is 14.3. The van der Waals surface area contributed by atoms with Gasteiger partial charge in [-0.15, -0.1) is 0 Å². The molecule has 0 spiro atoms. The van der Waals surface area contributed by atoms with Crippen molar-refractivity contribution in [2.45, 2.75) is 24.8 Å². The van der Waals surface area contributed by atoms with Gasteiger partial charge in [-0.3, -0.25) is 4.72 Å². The van der Waals surface area contributed by atoms with E-state index in [2.05, 4.69) is 9.82 Å². The van der Waals surface area contributed by atoms with E-state index in [0.29, 0.717) is 5.82 Å². The van der Waals surface area contributed by atoms with Crippen molar-refractivity contribution in [2.75, 3.05) is 10.5 Å². The van der Waals surface area contributed by atoms with Crippen LogP contribution in [0.2, 0.25) is 0 Å². The zero-order valence-electron chi connectivity index (χ0n) is 11.0. The average Bonchev–Trinajstić information content (AvgIpc) is 2.80. The fourth-order valence-electron chi connectivity index (χ4n) is 1.69. The molecule has 0 amide bonds. The molecule has 20 heavy (non-hydrogen) atoms. The lowest BCUT2D eigenvalue weighted by Gasteiger charge is -2.13. The van der Waals surface area contributed by atoms with Crippen molar-refractivity contribution in [3.63, 3.8) is 0 Å². The van der Waals surface area contributed by atoms with Crippen LogP contribution >= 0.6 is 0 Å². The van der Waals surface area contributed by atoms with Crippen molar-refractivity contribution in [3.8, 4) is 0 Å². The number of aromatic nitrogens is 2. The van der Waals surface area contributed by atoms with Crippen LogP contribution in [0.1, 0.15) is 19.9 Å². The first-order valence-electron chi connectivity index (χ1n) is 5.92. The third-order valence-electron chi connectivity index (χ3n) is 2.68. The fourth-order valence-corrected chi connectivity index (χ4v) is 2.78. The van der Waals surface area contributed by atoms with E-state index >= 15 is 0 Å². The van der Waals surface area contributed by atoms with Crippen molar-refractivity contribution in [2.24, 2.45) is 0 Å². The minimum atomic E-state index is -3.84. The lowest BCUT2D eigenvalue weighted by Crippen LogP contribution is -2.17. The number of nitrogens with one attached hydrogen (secondary N) is 1. The summed E-state index contributed by atoms with van der Waals surface area (Å²) in [5, 5.41) is 4.03. The Morgan fingerprint density at radius 3 is 2.65 bits per heavy atom. The molecule has 0 bridgehead atoms. The van der Waals surface area contributed by atoms with Gasteiger partial charge in [0.05, 0.1) is 16.8 Å². The standard InChI is InChI=1S/C12H15FN4O2S/c1-8(2)17-12(5-6-15-17)16-20(18,19)9-3-4-10(13)11(14)7-9/h3-8,16H,14H2,1-2H3. The first-order chi connectivity index (χ1) is 9.31. The Kier molecular flexibility index (Phi) is 3.67. The van der Waals surface area contributed by atoms with Crippen molar-refractivity contribution < 1.29 is 12.8 Å². The number of sulfonamides is 1. The van der Waals surface area contributed by atoms with Crippen LogP contribution in [0.15, 0.2) is 35.4 Å². The Bertz CT molecular complexity index is 725. The number of nitrogen functional groups attached to an aromatic ring is 1. The molecule has 3 N–H and O–H groups in total. The Morgan fingerprint density at radius 1 is 1.35 bits per heavy atom. The minimum Gasteiger partial charge on any atom is -0.396 e. The maximum absolute atomic E-state index is 13.1. The molecular weight excluding hydrogens is 283 g/mol. The van der Waals surface area contributed by atoms with E-state index in [-0.39, 0.29) is 16.6 Å². The summed E-state index contributed by atoms with van der Waals surface area (Å²) < 4.78 is 41.4. The summed E-state index contributed by atoms with van der Waals surface area (Å²) in [6.07, 6.45) is 1.50. The Hall–Kier alpha value is -2.09. The van der Waals surface area contributed by atoms with Gasteiger partial charge in [0.25, 0.3) is 10.0 Å². The number of benzene rings is 1. The van der Waals surface area contributed by atoms with Gasteiger partial charge >= 0.3 is 0 Å². The van der Waals surface area contributed by atoms with Crippen LogP contribution < -0.4 is 10.5 Å². The van der Waals surface area contributed by atoms with Gasteiger partial charge in [0.1, 0.15) is 11.6 Å². The molecule has 0 saturated heterocycles. The zero-order valence-corrected chi connectivity index (χ0v) is 11.9. The second-order valence-corrected chi connectivity index (χ2v) is 6.23. The lowest BCUT2D eigenvalue weighted by atomic mass is 10.3. The third-order valence-corrected chi connectivity index (χ3v) is 4.03. The second kappa shape index (κ2) is 5.12. The maximum Gasteiger partial charge on any atom is 0.263 e. The number of hydrogen-bond donors (Lipinski definition) is 2. The molecule has 0 aliphatic carbocycles. The van der Waals surface area contributed by atoms with E-state index in [0.717, 1.165) is 18.2 Å². The highest BCUT2D eigenvalue weighted by atomic mass is 32.2. The van der Waals surface area contributed by atoms with Crippen LogP contribution in [0, 0.1) is 5.82 Å².